The van der Waals surface area contributed by atoms with Crippen LogP contribution in [0.5, 0.6) is 0 Å². The summed E-state index contributed by atoms with van der Waals surface area (Å²) in [5.41, 5.74) is 0.206. The molecule has 0 saturated heterocycles. The summed E-state index contributed by atoms with van der Waals surface area (Å²) >= 11 is 0. The fraction of sp³-hybridized carbons (Fsp3) is 0.417. The van der Waals surface area contributed by atoms with E-state index in [4.69, 9.17) is 0 Å². The molecule has 2 aromatic rings. The van der Waals surface area contributed by atoms with Gasteiger partial charge in [-0.25, -0.2) is 0 Å². The third-order valence-electron chi connectivity index (χ3n) is 2.93. The molecule has 2 aromatic heterocycles. The van der Waals surface area contributed by atoms with Crippen LogP contribution in [0.4, 0.5) is 13.2 Å². The number of nitrogens with zero attached hydrogens (tertiary/aromatic N) is 3. The molecule has 6 nitrogen and oxygen atoms in total. The van der Waals surface area contributed by atoms with E-state index in [2.05, 4.69) is 15.5 Å². The smallest absolute Gasteiger partial charge is 0.346 e. The Hall–Kier alpha value is -2.32. The highest BCUT2D eigenvalue weighted by atomic mass is 19.4. The summed E-state index contributed by atoms with van der Waals surface area (Å²) in [6.45, 7) is 4.60. The van der Waals surface area contributed by atoms with Crippen molar-refractivity contribution in [2.45, 2.75) is 33.1 Å². The first-order chi connectivity index (χ1) is 9.81. The van der Waals surface area contributed by atoms with Crippen molar-refractivity contribution in [1.29, 1.82) is 0 Å². The second-order valence-corrected chi connectivity index (χ2v) is 4.44. The Morgan fingerprint density at radius 2 is 2.19 bits per heavy atom. The molecule has 21 heavy (non-hydrogen) atoms. The molecule has 0 spiro atoms. The van der Waals surface area contributed by atoms with Gasteiger partial charge >= 0.3 is 6.18 Å². The highest BCUT2D eigenvalue weighted by Gasteiger charge is 2.33. The van der Waals surface area contributed by atoms with Crippen LogP contribution < -0.4 is 5.32 Å². The molecular formula is C12H14F3N5O. The second-order valence-electron chi connectivity index (χ2n) is 4.44. The molecule has 9 heteroatoms. The summed E-state index contributed by atoms with van der Waals surface area (Å²) in [6, 6.07) is 0.678. The number of H-pyrrole nitrogens is 1. The van der Waals surface area contributed by atoms with E-state index in [1.807, 2.05) is 6.92 Å². The summed E-state index contributed by atoms with van der Waals surface area (Å²) in [4.78, 5) is 11.8. The van der Waals surface area contributed by atoms with Gasteiger partial charge in [-0.05, 0) is 13.8 Å². The molecule has 114 valence electrons. The lowest BCUT2D eigenvalue weighted by atomic mass is 10.2. The highest BCUT2D eigenvalue weighted by molar-refractivity contribution is 5.92. The lowest BCUT2D eigenvalue weighted by Gasteiger charge is -2.01. The van der Waals surface area contributed by atoms with Crippen molar-refractivity contribution < 1.29 is 18.0 Å². The van der Waals surface area contributed by atoms with Crippen LogP contribution in [0.25, 0.3) is 0 Å². The zero-order chi connectivity index (χ0) is 15.6. The van der Waals surface area contributed by atoms with Crippen molar-refractivity contribution in [3.63, 3.8) is 0 Å². The largest absolute Gasteiger partial charge is 0.432 e. The van der Waals surface area contributed by atoms with Gasteiger partial charge in [0.1, 0.15) is 5.69 Å². The SMILES string of the molecule is CCn1cc(CNC(=O)c2cc(C(F)(F)F)[nH]n2)c(C)n1. The first-order valence-electron chi connectivity index (χ1n) is 6.25. The number of aromatic amines is 1. The Bertz CT molecular complexity index is 644. The molecule has 2 rings (SSSR count). The normalized spacial score (nSPS) is 11.7. The summed E-state index contributed by atoms with van der Waals surface area (Å²) in [5, 5.41) is 11.9. The predicted molar refractivity (Wildman–Crippen MR) is 67.4 cm³/mol. The number of carbonyl (C=O) groups is 1. The van der Waals surface area contributed by atoms with Crippen LogP contribution >= 0.6 is 0 Å². The van der Waals surface area contributed by atoms with Crippen molar-refractivity contribution in [3.05, 3.63) is 34.9 Å². The van der Waals surface area contributed by atoms with E-state index in [-0.39, 0.29) is 12.2 Å². The average Bonchev–Trinajstić information content (AvgIpc) is 3.02. The Labute approximate surface area is 118 Å². The Kier molecular flexibility index (Phi) is 4.01. The van der Waals surface area contributed by atoms with E-state index in [0.717, 1.165) is 11.3 Å². The lowest BCUT2D eigenvalue weighted by Crippen LogP contribution is -2.23. The Balaban J connectivity index is 2.01. The number of aromatic nitrogens is 4. The number of amides is 1. The van der Waals surface area contributed by atoms with E-state index in [1.165, 1.54) is 0 Å². The van der Waals surface area contributed by atoms with Crippen LogP contribution in [0.3, 0.4) is 0 Å². The van der Waals surface area contributed by atoms with Gasteiger partial charge in [0.05, 0.1) is 5.69 Å². The molecule has 0 bridgehead atoms. The first-order valence-corrected chi connectivity index (χ1v) is 6.25. The van der Waals surface area contributed by atoms with Gasteiger partial charge in [0.25, 0.3) is 5.91 Å². The molecule has 0 aliphatic rings. The summed E-state index contributed by atoms with van der Waals surface area (Å²) in [5.74, 6) is -0.676. The fourth-order valence-electron chi connectivity index (χ4n) is 1.74. The number of aryl methyl sites for hydroxylation is 2. The van der Waals surface area contributed by atoms with Crippen LogP contribution in [0.15, 0.2) is 12.3 Å². The number of hydrogen-bond donors (Lipinski definition) is 2. The van der Waals surface area contributed by atoms with Crippen LogP contribution in [0.2, 0.25) is 0 Å². The van der Waals surface area contributed by atoms with Crippen LogP contribution in [-0.2, 0) is 19.3 Å². The maximum Gasteiger partial charge on any atom is 0.432 e. The summed E-state index contributed by atoms with van der Waals surface area (Å²) in [6.07, 6.45) is -2.77. The molecule has 2 heterocycles. The fourth-order valence-corrected chi connectivity index (χ4v) is 1.74. The molecule has 0 fully saturated rings. The zero-order valence-corrected chi connectivity index (χ0v) is 11.5. The molecular weight excluding hydrogens is 287 g/mol. The molecule has 1 amide bonds. The lowest BCUT2D eigenvalue weighted by molar-refractivity contribution is -0.141. The van der Waals surface area contributed by atoms with Gasteiger partial charge in [0, 0.05) is 30.9 Å². The van der Waals surface area contributed by atoms with E-state index >= 15 is 0 Å². The maximum absolute atomic E-state index is 12.4. The monoisotopic (exact) mass is 301 g/mol. The van der Waals surface area contributed by atoms with Gasteiger partial charge in [-0.15, -0.1) is 0 Å². The van der Waals surface area contributed by atoms with Crippen molar-refractivity contribution in [2.75, 3.05) is 0 Å². The maximum atomic E-state index is 12.4. The minimum atomic E-state index is -4.55. The third kappa shape index (κ3) is 3.41. The van der Waals surface area contributed by atoms with E-state index in [1.54, 1.807) is 22.9 Å². The summed E-state index contributed by atoms with van der Waals surface area (Å²) in [7, 11) is 0. The Morgan fingerprint density at radius 3 is 2.71 bits per heavy atom. The van der Waals surface area contributed by atoms with Crippen LogP contribution in [0, 0.1) is 6.92 Å². The number of hydrogen-bond acceptors (Lipinski definition) is 3. The topological polar surface area (TPSA) is 75.6 Å². The number of halogens is 3. The molecule has 2 N–H and O–H groups in total. The standard InChI is InChI=1S/C12H14F3N5O/c1-3-20-6-8(7(2)19-20)5-16-11(21)9-4-10(18-17-9)12(13,14)15/h4,6H,3,5H2,1-2H3,(H,16,21)(H,17,18). The van der Waals surface area contributed by atoms with Crippen molar-refractivity contribution in [2.24, 2.45) is 0 Å². The molecule has 0 aromatic carbocycles. The van der Waals surface area contributed by atoms with Gasteiger partial charge < -0.3 is 5.32 Å². The van der Waals surface area contributed by atoms with Gasteiger partial charge in [0.2, 0.25) is 0 Å². The van der Waals surface area contributed by atoms with Crippen molar-refractivity contribution in [3.8, 4) is 0 Å². The van der Waals surface area contributed by atoms with Crippen LogP contribution in [0.1, 0.15) is 34.4 Å². The molecule has 0 atom stereocenters. The number of alkyl halides is 3. The van der Waals surface area contributed by atoms with Crippen molar-refractivity contribution in [1.82, 2.24) is 25.3 Å². The first kappa shape index (κ1) is 15.1. The average molecular weight is 301 g/mol. The predicted octanol–water partition coefficient (Wildman–Crippen LogP) is 1.88. The highest BCUT2D eigenvalue weighted by Crippen LogP contribution is 2.27. The van der Waals surface area contributed by atoms with Crippen molar-refractivity contribution >= 4 is 5.91 Å². The minimum absolute atomic E-state index is 0.179. The number of rotatable bonds is 4. The van der Waals surface area contributed by atoms with Gasteiger partial charge in [-0.3, -0.25) is 14.6 Å². The molecule has 0 unspecified atom stereocenters. The molecule has 0 saturated carbocycles. The third-order valence-corrected chi connectivity index (χ3v) is 2.93. The quantitative estimate of drug-likeness (QED) is 0.905. The van der Waals surface area contributed by atoms with Crippen LogP contribution in [-0.4, -0.2) is 25.9 Å². The number of nitrogens with one attached hydrogen (secondary N) is 2. The molecule has 0 aliphatic carbocycles. The summed E-state index contributed by atoms with van der Waals surface area (Å²) < 4.78 is 38.9. The van der Waals surface area contributed by atoms with Gasteiger partial charge in [-0.2, -0.15) is 23.4 Å². The van der Waals surface area contributed by atoms with Gasteiger partial charge in [0.15, 0.2) is 5.69 Å². The molecule has 0 aliphatic heterocycles. The zero-order valence-electron chi connectivity index (χ0n) is 11.5. The van der Waals surface area contributed by atoms with E-state index in [0.29, 0.717) is 12.6 Å². The van der Waals surface area contributed by atoms with E-state index in [9.17, 15) is 18.0 Å². The molecule has 0 radical (unpaired) electrons. The van der Waals surface area contributed by atoms with E-state index < -0.39 is 17.8 Å². The number of carbonyl (C=O) groups excluding carboxylic acids is 1. The van der Waals surface area contributed by atoms with Gasteiger partial charge in [-0.1, -0.05) is 0 Å². The Morgan fingerprint density at radius 1 is 1.48 bits per heavy atom. The minimum Gasteiger partial charge on any atom is -0.346 e. The second kappa shape index (κ2) is 5.58.